The Morgan fingerprint density at radius 1 is 1.05 bits per heavy atom. The number of aliphatic hydroxyl groups is 1. The monoisotopic (exact) mass is 315 g/mol. The first kappa shape index (κ1) is 16.4. The van der Waals surface area contributed by atoms with Gasteiger partial charge in [-0.1, -0.05) is 36.1 Å². The average Bonchev–Trinajstić information content (AvgIpc) is 2.58. The van der Waals surface area contributed by atoms with Gasteiger partial charge in [0.25, 0.3) is 0 Å². The molecule has 0 bridgehead atoms. The molecule has 112 valence electrons. The van der Waals surface area contributed by atoms with Crippen LogP contribution in [-0.4, -0.2) is 12.2 Å². The topological polar surface area (TPSA) is 55.8 Å². The van der Waals surface area contributed by atoms with Crippen LogP contribution in [0.1, 0.15) is 22.3 Å². The van der Waals surface area contributed by atoms with Crippen molar-refractivity contribution >= 4 is 8.25 Å². The zero-order chi connectivity index (χ0) is 15.8. The Bertz CT molecular complexity index is 699. The molecule has 2 aromatic rings. The van der Waals surface area contributed by atoms with Crippen LogP contribution >= 0.6 is 8.25 Å². The van der Waals surface area contributed by atoms with Crippen molar-refractivity contribution < 1.29 is 18.7 Å². The van der Waals surface area contributed by atoms with Gasteiger partial charge in [0.1, 0.15) is 6.61 Å². The summed E-state index contributed by atoms with van der Waals surface area (Å²) in [5.41, 5.74) is 3.46. The summed E-state index contributed by atoms with van der Waals surface area (Å²) in [6, 6.07) is 15.0. The molecule has 0 aliphatic heterocycles. The summed E-state index contributed by atoms with van der Waals surface area (Å²) in [5, 5.41) is 9.00. The maximum Gasteiger partial charge on any atom is 0.697 e. The molecule has 5 heteroatoms. The van der Waals surface area contributed by atoms with Gasteiger partial charge in [-0.05, 0) is 35.4 Å². The molecule has 0 aliphatic carbocycles. The molecule has 0 aromatic heterocycles. The highest BCUT2D eigenvalue weighted by Crippen LogP contribution is 2.23. The van der Waals surface area contributed by atoms with Gasteiger partial charge in [-0.2, -0.15) is 0 Å². The van der Waals surface area contributed by atoms with E-state index in [2.05, 4.69) is 16.4 Å². The Morgan fingerprint density at radius 2 is 1.77 bits per heavy atom. The summed E-state index contributed by atoms with van der Waals surface area (Å²) in [6.07, 6.45) is 0. The van der Waals surface area contributed by atoms with E-state index in [9.17, 15) is 4.57 Å². The smallest absolute Gasteiger partial charge is 0.392 e. The lowest BCUT2D eigenvalue weighted by atomic mass is 10.1. The van der Waals surface area contributed by atoms with Crippen LogP contribution in [0.15, 0.2) is 48.5 Å². The Morgan fingerprint density at radius 3 is 2.45 bits per heavy atom. The van der Waals surface area contributed by atoms with Crippen molar-refractivity contribution in [1.29, 1.82) is 0 Å². The van der Waals surface area contributed by atoms with Gasteiger partial charge in [0, 0.05) is 15.7 Å². The third kappa shape index (κ3) is 5.07. The van der Waals surface area contributed by atoms with Crippen molar-refractivity contribution in [2.45, 2.75) is 13.2 Å². The van der Waals surface area contributed by atoms with Crippen LogP contribution in [0, 0.1) is 11.8 Å². The van der Waals surface area contributed by atoms with E-state index in [1.807, 2.05) is 48.5 Å². The fourth-order valence-corrected chi connectivity index (χ4v) is 2.12. The molecule has 0 aliphatic rings. The van der Waals surface area contributed by atoms with E-state index in [1.54, 1.807) is 0 Å². The minimum Gasteiger partial charge on any atom is -0.392 e. The maximum absolute atomic E-state index is 11.1. The fourth-order valence-electron chi connectivity index (χ4n) is 1.76. The predicted molar refractivity (Wildman–Crippen MR) is 84.2 cm³/mol. The molecule has 0 spiro atoms. The lowest BCUT2D eigenvalue weighted by Gasteiger charge is -1.97. The molecule has 0 saturated heterocycles. The summed E-state index contributed by atoms with van der Waals surface area (Å²) in [4.78, 5) is 0. The molecule has 0 fully saturated rings. The molecule has 0 radical (unpaired) electrons. The van der Waals surface area contributed by atoms with Gasteiger partial charge in [-0.15, -0.1) is 9.05 Å². The Balaban J connectivity index is 2.06. The molecular weight excluding hydrogens is 299 g/mol. The van der Waals surface area contributed by atoms with Gasteiger partial charge >= 0.3 is 8.25 Å². The van der Waals surface area contributed by atoms with Gasteiger partial charge in [0.05, 0.1) is 13.7 Å². The number of hydrogen-bond acceptors (Lipinski definition) is 4. The highest BCUT2D eigenvalue weighted by Gasteiger charge is 2.16. The Kier molecular flexibility index (Phi) is 6.27. The first-order valence-electron chi connectivity index (χ1n) is 6.66. The first-order valence-corrected chi connectivity index (χ1v) is 7.76. The van der Waals surface area contributed by atoms with Crippen LogP contribution in [0.2, 0.25) is 0 Å². The summed E-state index contributed by atoms with van der Waals surface area (Å²) in [7, 11) is -0.731. The van der Waals surface area contributed by atoms with Crippen LogP contribution in [-0.2, 0) is 26.8 Å². The Labute approximate surface area is 130 Å². The minimum atomic E-state index is -2.07. The van der Waals surface area contributed by atoms with Crippen LogP contribution in [0.25, 0.3) is 0 Å². The number of hydrogen-bond donors (Lipinski definition) is 1. The molecule has 2 aromatic carbocycles. The summed E-state index contributed by atoms with van der Waals surface area (Å²) in [5.74, 6) is 6.13. The second-order valence-corrected chi connectivity index (χ2v) is 5.56. The van der Waals surface area contributed by atoms with E-state index in [1.165, 1.54) is 7.11 Å². The average molecular weight is 315 g/mol. The third-order valence-electron chi connectivity index (χ3n) is 2.90. The lowest BCUT2D eigenvalue weighted by molar-refractivity contribution is 0.248. The molecule has 22 heavy (non-hydrogen) atoms. The van der Waals surface area contributed by atoms with E-state index < -0.39 is 8.25 Å². The summed E-state index contributed by atoms with van der Waals surface area (Å²) in [6.45, 7) is 0.239. The van der Waals surface area contributed by atoms with E-state index in [0.717, 1.165) is 22.3 Å². The SMILES string of the molecule is CO[P+](=O)OCc1cccc(C#Cc2ccc(CO)cc2)c1. The van der Waals surface area contributed by atoms with Crippen LogP contribution in [0.3, 0.4) is 0 Å². The van der Waals surface area contributed by atoms with Crippen molar-refractivity contribution in [1.82, 2.24) is 0 Å². The summed E-state index contributed by atoms with van der Waals surface area (Å²) >= 11 is 0. The molecular formula is C17H16O4P+. The zero-order valence-electron chi connectivity index (χ0n) is 12.2. The molecule has 0 amide bonds. The van der Waals surface area contributed by atoms with Crippen LogP contribution in [0.4, 0.5) is 0 Å². The molecule has 0 saturated carbocycles. The minimum absolute atomic E-state index is 0.0273. The normalized spacial score (nSPS) is 10.7. The van der Waals surface area contributed by atoms with Gasteiger partial charge in [-0.25, -0.2) is 0 Å². The number of benzene rings is 2. The predicted octanol–water partition coefficient (Wildman–Crippen LogP) is 3.40. The highest BCUT2D eigenvalue weighted by atomic mass is 31.1. The standard InChI is InChI=1S/C17H16O4P/c1-20-22(19)21-13-17-4-2-3-15(11-17)8-5-14-6-9-16(12-18)10-7-14/h2-4,6-7,9-11,18H,12-13H2,1H3/q+1. The van der Waals surface area contributed by atoms with Crippen LogP contribution < -0.4 is 0 Å². The molecule has 2 rings (SSSR count). The molecule has 1 N–H and O–H groups in total. The van der Waals surface area contributed by atoms with E-state index in [-0.39, 0.29) is 13.2 Å². The van der Waals surface area contributed by atoms with E-state index in [4.69, 9.17) is 9.63 Å². The fraction of sp³-hybridized carbons (Fsp3) is 0.176. The highest BCUT2D eigenvalue weighted by molar-refractivity contribution is 7.33. The first-order chi connectivity index (χ1) is 10.7. The maximum atomic E-state index is 11.1. The van der Waals surface area contributed by atoms with Crippen molar-refractivity contribution in [3.8, 4) is 11.8 Å². The van der Waals surface area contributed by atoms with E-state index >= 15 is 0 Å². The third-order valence-corrected chi connectivity index (χ3v) is 3.54. The zero-order valence-corrected chi connectivity index (χ0v) is 13.0. The Hall–Kier alpha value is -2.02. The largest absolute Gasteiger partial charge is 0.697 e. The van der Waals surface area contributed by atoms with Gasteiger partial charge in [0.15, 0.2) is 0 Å². The van der Waals surface area contributed by atoms with Crippen molar-refractivity contribution in [3.05, 3.63) is 70.8 Å². The van der Waals surface area contributed by atoms with Crippen molar-refractivity contribution in [2.24, 2.45) is 0 Å². The molecule has 1 atom stereocenters. The van der Waals surface area contributed by atoms with Crippen molar-refractivity contribution in [2.75, 3.05) is 7.11 Å². The lowest BCUT2D eigenvalue weighted by Crippen LogP contribution is -1.88. The van der Waals surface area contributed by atoms with Gasteiger partial charge in [-0.3, -0.25) is 0 Å². The second kappa shape index (κ2) is 8.43. The molecule has 0 heterocycles. The molecule has 1 unspecified atom stereocenters. The molecule has 4 nitrogen and oxygen atoms in total. The van der Waals surface area contributed by atoms with Crippen LogP contribution in [0.5, 0.6) is 0 Å². The number of rotatable bonds is 5. The van der Waals surface area contributed by atoms with Crippen molar-refractivity contribution in [3.63, 3.8) is 0 Å². The number of aliphatic hydroxyl groups excluding tert-OH is 1. The quantitative estimate of drug-likeness (QED) is 0.679. The van der Waals surface area contributed by atoms with E-state index in [0.29, 0.717) is 0 Å². The second-order valence-electron chi connectivity index (χ2n) is 4.49. The van der Waals surface area contributed by atoms with Gasteiger partial charge < -0.3 is 5.11 Å². The summed E-state index contributed by atoms with van der Waals surface area (Å²) < 4.78 is 20.7. The van der Waals surface area contributed by atoms with Gasteiger partial charge in [0.2, 0.25) is 0 Å².